The van der Waals surface area contributed by atoms with Crippen molar-refractivity contribution in [2.24, 2.45) is 17.8 Å². The number of carbonyl (C=O) groups is 2. The number of benzene rings is 1. The molecule has 5 rings (SSSR count). The zero-order valence-electron chi connectivity index (χ0n) is 19.3. The van der Waals surface area contributed by atoms with E-state index in [4.69, 9.17) is 0 Å². The fourth-order valence-corrected chi connectivity index (χ4v) is 7.18. The van der Waals surface area contributed by atoms with E-state index in [1.807, 2.05) is 0 Å². The van der Waals surface area contributed by atoms with Crippen molar-refractivity contribution in [2.75, 3.05) is 0 Å². The van der Waals surface area contributed by atoms with Crippen LogP contribution in [-0.4, -0.2) is 34.4 Å². The second-order valence-corrected chi connectivity index (χ2v) is 10.5. The number of ketones is 2. The monoisotopic (exact) mass is 494 g/mol. The predicted octanol–water partition coefficient (Wildman–Crippen LogP) is 6.33. The summed E-state index contributed by atoms with van der Waals surface area (Å²) in [5.41, 5.74) is 1.02. The van der Waals surface area contributed by atoms with E-state index in [1.54, 1.807) is 30.3 Å². The quantitative estimate of drug-likeness (QED) is 0.395. The van der Waals surface area contributed by atoms with Gasteiger partial charge in [0.05, 0.1) is 0 Å². The van der Waals surface area contributed by atoms with Gasteiger partial charge >= 0.3 is 12.1 Å². The van der Waals surface area contributed by atoms with Gasteiger partial charge in [-0.3, -0.25) is 9.59 Å². The SMILES string of the molecule is CC(=O)c1ccc([C@H]2CC3C(CCC3(O)C(F)(F)C(F)(F)F)C3CCC4=CC(=O)CCC4=C32)cc1. The van der Waals surface area contributed by atoms with Gasteiger partial charge in [0.2, 0.25) is 0 Å². The molecule has 2 saturated carbocycles. The van der Waals surface area contributed by atoms with Gasteiger partial charge in [0.15, 0.2) is 11.6 Å². The van der Waals surface area contributed by atoms with Crippen LogP contribution in [0.25, 0.3) is 0 Å². The topological polar surface area (TPSA) is 54.4 Å². The highest BCUT2D eigenvalue weighted by atomic mass is 19.4. The third-order valence-corrected chi connectivity index (χ3v) is 8.81. The molecule has 5 atom stereocenters. The van der Waals surface area contributed by atoms with Gasteiger partial charge < -0.3 is 5.11 Å². The molecule has 1 aromatic rings. The molecule has 0 bridgehead atoms. The normalized spacial score (nSPS) is 33.1. The second-order valence-electron chi connectivity index (χ2n) is 10.5. The highest BCUT2D eigenvalue weighted by molar-refractivity contribution is 5.94. The predicted molar refractivity (Wildman–Crippen MR) is 118 cm³/mol. The number of hydrogen-bond acceptors (Lipinski definition) is 3. The summed E-state index contributed by atoms with van der Waals surface area (Å²) in [6.45, 7) is 1.43. The summed E-state index contributed by atoms with van der Waals surface area (Å²) in [6, 6.07) is 6.74. The molecule has 1 aromatic carbocycles. The van der Waals surface area contributed by atoms with Crippen LogP contribution in [0, 0.1) is 17.8 Å². The summed E-state index contributed by atoms with van der Waals surface area (Å²) in [5.74, 6) is -7.72. The number of allylic oxidation sites excluding steroid dienone is 4. The van der Waals surface area contributed by atoms with E-state index in [0.29, 0.717) is 31.2 Å². The van der Waals surface area contributed by atoms with E-state index in [0.717, 1.165) is 22.3 Å². The summed E-state index contributed by atoms with van der Waals surface area (Å²) >= 11 is 0. The lowest BCUT2D eigenvalue weighted by molar-refractivity contribution is -0.350. The standard InChI is InChI=1S/C27H27F5O3/c1-14(33)15-2-4-16(5-3-15)22-13-23-20(10-11-25(23,35)26(28,29)27(30,31)32)21-8-6-17-12-18(34)7-9-19(17)24(21)22/h2-5,12,20-23,35H,6-11,13H2,1H3/t20?,21?,22-,23?,25?/m1/s1. The van der Waals surface area contributed by atoms with E-state index in [2.05, 4.69) is 0 Å². The number of alkyl halides is 5. The first kappa shape index (κ1) is 24.3. The zero-order valence-corrected chi connectivity index (χ0v) is 19.3. The van der Waals surface area contributed by atoms with Crippen LogP contribution in [0.1, 0.15) is 73.7 Å². The lowest BCUT2D eigenvalue weighted by Crippen LogP contribution is -2.60. The molecule has 0 radical (unpaired) electrons. The number of rotatable bonds is 3. The van der Waals surface area contributed by atoms with E-state index < -0.39 is 41.9 Å². The van der Waals surface area contributed by atoms with Gasteiger partial charge in [0.25, 0.3) is 0 Å². The fourth-order valence-electron chi connectivity index (χ4n) is 7.18. The Bertz CT molecular complexity index is 1130. The molecule has 0 saturated heterocycles. The van der Waals surface area contributed by atoms with Gasteiger partial charge in [-0.2, -0.15) is 22.0 Å². The smallest absolute Gasteiger partial charge is 0.383 e. The second kappa shape index (κ2) is 8.08. The number of halogens is 5. The van der Waals surface area contributed by atoms with Crippen molar-refractivity contribution >= 4 is 11.6 Å². The van der Waals surface area contributed by atoms with Crippen molar-refractivity contribution in [2.45, 2.75) is 75.5 Å². The maximum Gasteiger partial charge on any atom is 0.456 e. The van der Waals surface area contributed by atoms with Crippen LogP contribution in [0.15, 0.2) is 47.1 Å². The summed E-state index contributed by atoms with van der Waals surface area (Å²) < 4.78 is 69.7. The molecule has 4 aliphatic carbocycles. The van der Waals surface area contributed by atoms with E-state index in [9.17, 15) is 36.6 Å². The highest BCUT2D eigenvalue weighted by Gasteiger charge is 2.75. The number of hydrogen-bond donors (Lipinski definition) is 1. The van der Waals surface area contributed by atoms with Gasteiger partial charge in [0, 0.05) is 17.9 Å². The molecule has 4 unspecified atom stereocenters. The lowest BCUT2D eigenvalue weighted by atomic mass is 9.56. The molecule has 0 heterocycles. The van der Waals surface area contributed by atoms with Crippen molar-refractivity contribution < 1.29 is 36.6 Å². The van der Waals surface area contributed by atoms with Crippen LogP contribution in [0.4, 0.5) is 22.0 Å². The van der Waals surface area contributed by atoms with E-state index in [-0.39, 0.29) is 30.3 Å². The molecule has 188 valence electrons. The largest absolute Gasteiger partial charge is 0.456 e. The fraction of sp³-hybridized carbons (Fsp3) is 0.556. The molecule has 0 spiro atoms. The molecule has 0 aliphatic heterocycles. The van der Waals surface area contributed by atoms with Crippen LogP contribution in [0.3, 0.4) is 0 Å². The van der Waals surface area contributed by atoms with Crippen molar-refractivity contribution in [3.63, 3.8) is 0 Å². The Morgan fingerprint density at radius 2 is 1.71 bits per heavy atom. The Kier molecular flexibility index (Phi) is 5.62. The Hall–Kier alpha value is -2.35. The van der Waals surface area contributed by atoms with Crippen molar-refractivity contribution in [1.82, 2.24) is 0 Å². The van der Waals surface area contributed by atoms with Gasteiger partial charge in [-0.25, -0.2) is 0 Å². The van der Waals surface area contributed by atoms with Gasteiger partial charge in [-0.05, 0) is 86.0 Å². The number of aliphatic hydroxyl groups is 1. The number of carbonyl (C=O) groups excluding carboxylic acids is 2. The molecule has 1 N–H and O–H groups in total. The third-order valence-electron chi connectivity index (χ3n) is 8.81. The Morgan fingerprint density at radius 3 is 2.34 bits per heavy atom. The molecule has 2 fully saturated rings. The van der Waals surface area contributed by atoms with Gasteiger partial charge in [-0.15, -0.1) is 0 Å². The molecule has 8 heteroatoms. The van der Waals surface area contributed by atoms with E-state index in [1.165, 1.54) is 6.92 Å². The third kappa shape index (κ3) is 3.62. The van der Waals surface area contributed by atoms with E-state index >= 15 is 0 Å². The van der Waals surface area contributed by atoms with Crippen molar-refractivity contribution in [1.29, 1.82) is 0 Å². The number of fused-ring (bicyclic) bond motifs is 4. The maximum atomic E-state index is 14.7. The Balaban J connectivity index is 1.64. The molecule has 4 aliphatic rings. The van der Waals surface area contributed by atoms with Crippen LogP contribution >= 0.6 is 0 Å². The molecule has 35 heavy (non-hydrogen) atoms. The zero-order chi connectivity index (χ0) is 25.3. The molecule has 0 amide bonds. The summed E-state index contributed by atoms with van der Waals surface area (Å²) in [4.78, 5) is 23.8. The highest BCUT2D eigenvalue weighted by Crippen LogP contribution is 2.65. The van der Waals surface area contributed by atoms with Crippen LogP contribution in [0.2, 0.25) is 0 Å². The first-order chi connectivity index (χ1) is 16.3. The van der Waals surface area contributed by atoms with Crippen LogP contribution < -0.4 is 0 Å². The molecule has 0 aromatic heterocycles. The average Bonchev–Trinajstić information content (AvgIpc) is 3.15. The number of Topliss-reactive ketones (excluding diaryl/α,β-unsaturated/α-hetero) is 1. The Morgan fingerprint density at radius 1 is 1.03 bits per heavy atom. The van der Waals surface area contributed by atoms with Crippen LogP contribution in [0.5, 0.6) is 0 Å². The minimum atomic E-state index is -5.85. The first-order valence-corrected chi connectivity index (χ1v) is 12.1. The minimum absolute atomic E-state index is 0.0389. The Labute approximate surface area is 200 Å². The molecular weight excluding hydrogens is 467 g/mol. The summed E-state index contributed by atoms with van der Waals surface area (Å²) in [7, 11) is 0. The maximum absolute atomic E-state index is 14.7. The average molecular weight is 495 g/mol. The molecule has 3 nitrogen and oxygen atoms in total. The first-order valence-electron chi connectivity index (χ1n) is 12.1. The van der Waals surface area contributed by atoms with Gasteiger partial charge in [-0.1, -0.05) is 29.8 Å². The lowest BCUT2D eigenvalue weighted by Gasteiger charge is -2.50. The van der Waals surface area contributed by atoms with Crippen molar-refractivity contribution in [3.8, 4) is 0 Å². The molecular formula is C27H27F5O3. The van der Waals surface area contributed by atoms with Crippen molar-refractivity contribution in [3.05, 3.63) is 58.2 Å². The minimum Gasteiger partial charge on any atom is -0.383 e. The van der Waals surface area contributed by atoms with Crippen LogP contribution in [-0.2, 0) is 4.79 Å². The van der Waals surface area contributed by atoms with Gasteiger partial charge in [0.1, 0.15) is 5.60 Å². The summed E-state index contributed by atoms with van der Waals surface area (Å²) in [6.07, 6.45) is -2.76. The summed E-state index contributed by atoms with van der Waals surface area (Å²) in [5, 5.41) is 11.0.